The Balaban J connectivity index is 4.90. The standard InChI is InChI=1S/C8H16N2O4S2/c1-4-6(8(9)15)16(12,13)10(2)5-7(11)14-3/h6H,4-5H2,1-3H3,(H2,9,15). The molecule has 1 unspecified atom stereocenters. The lowest BCUT2D eigenvalue weighted by molar-refractivity contribution is -0.140. The summed E-state index contributed by atoms with van der Waals surface area (Å²) in [5.41, 5.74) is 5.34. The molecule has 0 aromatic heterocycles. The molecule has 0 aliphatic rings. The van der Waals surface area contributed by atoms with Gasteiger partial charge in [0.1, 0.15) is 11.8 Å². The normalized spacial score (nSPS) is 13.5. The SMILES string of the molecule is CCC(C(N)=S)S(=O)(=O)N(C)CC(=O)OC. The Bertz CT molecular complexity index is 366. The molecule has 0 rings (SSSR count). The quantitative estimate of drug-likeness (QED) is 0.515. The fraction of sp³-hybridized carbons (Fsp3) is 0.750. The monoisotopic (exact) mass is 268 g/mol. The van der Waals surface area contributed by atoms with E-state index in [0.717, 1.165) is 4.31 Å². The van der Waals surface area contributed by atoms with Crippen molar-refractivity contribution in [3.63, 3.8) is 0 Å². The Morgan fingerprint density at radius 3 is 2.38 bits per heavy atom. The number of carbonyl (C=O) groups is 1. The third kappa shape index (κ3) is 3.69. The van der Waals surface area contributed by atoms with Gasteiger partial charge in [-0.2, -0.15) is 4.31 Å². The molecule has 0 aliphatic heterocycles. The molecule has 0 amide bonds. The molecule has 16 heavy (non-hydrogen) atoms. The molecule has 0 heterocycles. The van der Waals surface area contributed by atoms with Gasteiger partial charge in [0.2, 0.25) is 10.0 Å². The van der Waals surface area contributed by atoms with E-state index in [4.69, 9.17) is 5.73 Å². The molecule has 0 aromatic rings. The Kier molecular flexibility index (Phi) is 5.84. The van der Waals surface area contributed by atoms with E-state index in [1.165, 1.54) is 14.2 Å². The Labute approximate surface area is 101 Å². The van der Waals surface area contributed by atoms with Crippen LogP contribution in [0, 0.1) is 0 Å². The largest absolute Gasteiger partial charge is 0.468 e. The molecular formula is C8H16N2O4S2. The maximum atomic E-state index is 11.9. The van der Waals surface area contributed by atoms with Crippen LogP contribution in [0.1, 0.15) is 13.3 Å². The van der Waals surface area contributed by atoms with Crippen LogP contribution >= 0.6 is 12.2 Å². The van der Waals surface area contributed by atoms with E-state index in [0.29, 0.717) is 0 Å². The summed E-state index contributed by atoms with van der Waals surface area (Å²) in [6.07, 6.45) is 0.267. The fourth-order valence-corrected chi connectivity index (χ4v) is 3.08. The highest BCUT2D eigenvalue weighted by Crippen LogP contribution is 2.11. The first-order valence-corrected chi connectivity index (χ1v) is 6.49. The number of carbonyl (C=O) groups excluding carboxylic acids is 1. The van der Waals surface area contributed by atoms with Gasteiger partial charge in [0.05, 0.1) is 12.1 Å². The van der Waals surface area contributed by atoms with Crippen LogP contribution in [-0.2, 0) is 19.6 Å². The molecule has 8 heteroatoms. The van der Waals surface area contributed by atoms with E-state index in [9.17, 15) is 13.2 Å². The molecule has 0 radical (unpaired) electrons. The van der Waals surface area contributed by atoms with Gasteiger partial charge in [-0.05, 0) is 6.42 Å². The van der Waals surface area contributed by atoms with Gasteiger partial charge in [0.25, 0.3) is 0 Å². The molecule has 0 saturated heterocycles. The molecule has 0 aliphatic carbocycles. The number of hydrogen-bond donors (Lipinski definition) is 1. The summed E-state index contributed by atoms with van der Waals surface area (Å²) in [4.78, 5) is 10.9. The average Bonchev–Trinajstić information content (AvgIpc) is 2.17. The lowest BCUT2D eigenvalue weighted by atomic mass is 10.3. The van der Waals surface area contributed by atoms with Gasteiger partial charge >= 0.3 is 5.97 Å². The summed E-state index contributed by atoms with van der Waals surface area (Å²) in [5, 5.41) is -0.947. The summed E-state index contributed by atoms with van der Waals surface area (Å²) >= 11 is 4.68. The summed E-state index contributed by atoms with van der Waals surface area (Å²) < 4.78 is 29.1. The molecule has 0 spiro atoms. The second-order valence-electron chi connectivity index (χ2n) is 3.18. The number of methoxy groups -OCH3 is 1. The zero-order chi connectivity index (χ0) is 12.9. The van der Waals surface area contributed by atoms with Crippen LogP contribution in [0.3, 0.4) is 0 Å². The number of ether oxygens (including phenoxy) is 1. The van der Waals surface area contributed by atoms with Crippen LogP contribution in [0.25, 0.3) is 0 Å². The van der Waals surface area contributed by atoms with E-state index < -0.39 is 21.2 Å². The minimum absolute atomic E-state index is 0.0979. The molecular weight excluding hydrogens is 252 g/mol. The summed E-state index contributed by atoms with van der Waals surface area (Å²) in [6.45, 7) is 1.31. The van der Waals surface area contributed by atoms with Gasteiger partial charge < -0.3 is 10.5 Å². The van der Waals surface area contributed by atoms with Crippen molar-refractivity contribution in [3.05, 3.63) is 0 Å². The molecule has 0 bridgehead atoms. The highest BCUT2D eigenvalue weighted by Gasteiger charge is 2.31. The fourth-order valence-electron chi connectivity index (χ4n) is 1.11. The first-order chi connectivity index (χ1) is 7.27. The predicted octanol–water partition coefficient (Wildman–Crippen LogP) is -0.514. The number of hydrogen-bond acceptors (Lipinski definition) is 5. The minimum atomic E-state index is -3.69. The van der Waals surface area contributed by atoms with Crippen molar-refractivity contribution in [2.24, 2.45) is 5.73 Å². The van der Waals surface area contributed by atoms with Crippen LogP contribution < -0.4 is 5.73 Å². The van der Waals surface area contributed by atoms with Gasteiger partial charge in [-0.1, -0.05) is 19.1 Å². The Morgan fingerprint density at radius 2 is 2.06 bits per heavy atom. The first-order valence-electron chi connectivity index (χ1n) is 4.58. The molecule has 2 N–H and O–H groups in total. The van der Waals surface area contributed by atoms with E-state index in [-0.39, 0.29) is 18.0 Å². The molecule has 94 valence electrons. The molecule has 0 saturated carbocycles. The lowest BCUT2D eigenvalue weighted by Gasteiger charge is -2.21. The summed E-state index contributed by atoms with van der Waals surface area (Å²) in [7, 11) is -1.22. The Hall–Kier alpha value is -0.730. The second-order valence-corrected chi connectivity index (χ2v) is 5.87. The van der Waals surface area contributed by atoms with Gasteiger partial charge in [-0.25, -0.2) is 8.42 Å². The van der Waals surface area contributed by atoms with Crippen molar-refractivity contribution in [1.82, 2.24) is 4.31 Å². The zero-order valence-corrected chi connectivity index (χ0v) is 11.1. The summed E-state index contributed by atoms with van der Waals surface area (Å²) in [6, 6.07) is 0. The Morgan fingerprint density at radius 1 is 1.56 bits per heavy atom. The number of esters is 1. The van der Waals surface area contributed by atoms with Crippen LogP contribution in [0.4, 0.5) is 0 Å². The highest BCUT2D eigenvalue weighted by atomic mass is 32.2. The molecule has 0 aromatic carbocycles. The van der Waals surface area contributed by atoms with Gasteiger partial charge in [-0.3, -0.25) is 4.79 Å². The number of nitrogens with zero attached hydrogens (tertiary/aromatic N) is 1. The van der Waals surface area contributed by atoms with Crippen molar-refractivity contribution in [2.75, 3.05) is 20.7 Å². The second kappa shape index (κ2) is 6.12. The molecule has 0 fully saturated rings. The number of nitrogens with two attached hydrogens (primary N) is 1. The van der Waals surface area contributed by atoms with E-state index in [2.05, 4.69) is 17.0 Å². The van der Waals surface area contributed by atoms with E-state index >= 15 is 0 Å². The number of rotatable bonds is 6. The maximum absolute atomic E-state index is 11.9. The van der Waals surface area contributed by atoms with E-state index in [1.807, 2.05) is 0 Å². The van der Waals surface area contributed by atoms with Gasteiger partial charge in [0.15, 0.2) is 0 Å². The van der Waals surface area contributed by atoms with Crippen molar-refractivity contribution in [2.45, 2.75) is 18.6 Å². The highest BCUT2D eigenvalue weighted by molar-refractivity contribution is 7.92. The topological polar surface area (TPSA) is 89.7 Å². The zero-order valence-electron chi connectivity index (χ0n) is 9.47. The van der Waals surface area contributed by atoms with Gasteiger partial charge in [0, 0.05) is 7.05 Å². The predicted molar refractivity (Wildman–Crippen MR) is 64.4 cm³/mol. The number of likely N-dealkylation sites (N-methyl/N-ethyl adjacent to an activating group) is 1. The first kappa shape index (κ1) is 15.3. The minimum Gasteiger partial charge on any atom is -0.468 e. The summed E-state index contributed by atoms with van der Waals surface area (Å²) in [5.74, 6) is -0.635. The molecule has 1 atom stereocenters. The molecule has 6 nitrogen and oxygen atoms in total. The average molecular weight is 268 g/mol. The van der Waals surface area contributed by atoms with Crippen LogP contribution in [0.15, 0.2) is 0 Å². The van der Waals surface area contributed by atoms with E-state index in [1.54, 1.807) is 6.92 Å². The van der Waals surface area contributed by atoms with Crippen molar-refractivity contribution >= 4 is 33.2 Å². The smallest absolute Gasteiger partial charge is 0.320 e. The third-order valence-corrected chi connectivity index (χ3v) is 4.80. The number of sulfonamides is 1. The van der Waals surface area contributed by atoms with Crippen LogP contribution in [-0.4, -0.2) is 49.6 Å². The van der Waals surface area contributed by atoms with Crippen molar-refractivity contribution in [1.29, 1.82) is 0 Å². The van der Waals surface area contributed by atoms with Crippen LogP contribution in [0.2, 0.25) is 0 Å². The number of thiocarbonyl (C=S) groups is 1. The maximum Gasteiger partial charge on any atom is 0.320 e. The third-order valence-electron chi connectivity index (χ3n) is 2.06. The van der Waals surface area contributed by atoms with Crippen molar-refractivity contribution < 1.29 is 17.9 Å². The van der Waals surface area contributed by atoms with Crippen LogP contribution in [0.5, 0.6) is 0 Å². The lowest BCUT2D eigenvalue weighted by Crippen LogP contribution is -2.44. The van der Waals surface area contributed by atoms with Gasteiger partial charge in [-0.15, -0.1) is 0 Å². The van der Waals surface area contributed by atoms with Crippen molar-refractivity contribution in [3.8, 4) is 0 Å².